The average Bonchev–Trinajstić information content (AvgIpc) is 2.67. The van der Waals surface area contributed by atoms with Crippen molar-refractivity contribution in [2.24, 2.45) is 0 Å². The van der Waals surface area contributed by atoms with Gasteiger partial charge in [0.05, 0.1) is 20.8 Å². The fraction of sp³-hybridized carbons (Fsp3) is 0.562. The van der Waals surface area contributed by atoms with Crippen molar-refractivity contribution in [1.29, 1.82) is 0 Å². The van der Waals surface area contributed by atoms with E-state index in [0.717, 1.165) is 23.5 Å². The Bertz CT molecular complexity index is 536. The van der Waals surface area contributed by atoms with Crippen molar-refractivity contribution in [3.05, 3.63) is 29.3 Å². The summed E-state index contributed by atoms with van der Waals surface area (Å²) in [5.74, 6) is 0. The minimum atomic E-state index is -0.716. The van der Waals surface area contributed by atoms with Gasteiger partial charge in [-0.05, 0) is 52.8 Å². The van der Waals surface area contributed by atoms with Crippen LogP contribution in [0.25, 0.3) is 10.2 Å². The molecule has 1 heterocycles. The van der Waals surface area contributed by atoms with Gasteiger partial charge in [-0.1, -0.05) is 12.1 Å². The van der Waals surface area contributed by atoms with Gasteiger partial charge in [-0.25, -0.2) is 4.98 Å². The van der Waals surface area contributed by atoms with Gasteiger partial charge in [0.25, 0.3) is 0 Å². The van der Waals surface area contributed by atoms with Crippen LogP contribution in [0.15, 0.2) is 24.3 Å². The van der Waals surface area contributed by atoms with Gasteiger partial charge in [0.1, 0.15) is 0 Å². The number of fused-ring (bicyclic) bond motifs is 1. The number of nitrogens with one attached hydrogen (secondary N) is 1. The summed E-state index contributed by atoms with van der Waals surface area (Å²) in [6.07, 6.45) is 1.33. The lowest BCUT2D eigenvalue weighted by Gasteiger charge is -2.26. The molecule has 2 aromatic rings. The van der Waals surface area contributed by atoms with Crippen molar-refractivity contribution < 1.29 is 5.11 Å². The van der Waals surface area contributed by atoms with E-state index < -0.39 is 5.60 Å². The lowest BCUT2D eigenvalue weighted by atomic mass is 9.97. The molecule has 0 saturated carbocycles. The molecule has 0 spiro atoms. The van der Waals surface area contributed by atoms with E-state index in [4.69, 9.17) is 0 Å². The van der Waals surface area contributed by atoms with E-state index in [1.165, 1.54) is 4.70 Å². The highest BCUT2D eigenvalue weighted by Crippen LogP contribution is 2.25. The van der Waals surface area contributed by atoms with Crippen LogP contribution in [0.3, 0.4) is 0 Å². The summed E-state index contributed by atoms with van der Waals surface area (Å²) in [6, 6.07) is 8.12. The van der Waals surface area contributed by atoms with Gasteiger partial charge in [0, 0.05) is 12.0 Å². The van der Waals surface area contributed by atoms with Gasteiger partial charge in [-0.2, -0.15) is 0 Å². The highest BCUT2D eigenvalue weighted by molar-refractivity contribution is 7.18. The molecular weight excluding hydrogens is 268 g/mol. The van der Waals surface area contributed by atoms with Gasteiger partial charge in [0.2, 0.25) is 0 Å². The van der Waals surface area contributed by atoms with E-state index in [1.807, 2.05) is 25.1 Å². The van der Waals surface area contributed by atoms with Gasteiger partial charge in [0.15, 0.2) is 0 Å². The van der Waals surface area contributed by atoms with Crippen LogP contribution in [-0.4, -0.2) is 27.8 Å². The van der Waals surface area contributed by atoms with E-state index in [-0.39, 0.29) is 5.54 Å². The molecule has 1 atom stereocenters. The number of aromatic nitrogens is 1. The number of benzene rings is 1. The third-order valence-electron chi connectivity index (χ3n) is 3.19. The summed E-state index contributed by atoms with van der Waals surface area (Å²) in [6.45, 7) is 9.10. The number of aliphatic hydroxyl groups is 1. The second-order valence-electron chi connectivity index (χ2n) is 6.68. The minimum absolute atomic E-state index is 0.0892. The second-order valence-corrected chi connectivity index (χ2v) is 7.79. The standard InChI is InChI=1S/C16H24N2OS/c1-15(2,3)17-10-9-16(4,19)11-14-18-12-7-5-6-8-13(12)20-14/h5-8,17,19H,9-11H2,1-4H3. The monoisotopic (exact) mass is 292 g/mol. The third-order valence-corrected chi connectivity index (χ3v) is 4.23. The van der Waals surface area contributed by atoms with Crippen molar-refractivity contribution in [2.75, 3.05) is 6.54 Å². The zero-order chi connectivity index (χ0) is 14.8. The topological polar surface area (TPSA) is 45.1 Å². The molecule has 1 unspecified atom stereocenters. The Morgan fingerprint density at radius 3 is 2.55 bits per heavy atom. The SMILES string of the molecule is CC(O)(CCNC(C)(C)C)Cc1nc2ccccc2s1. The van der Waals surface area contributed by atoms with Gasteiger partial charge in [-0.3, -0.25) is 0 Å². The lowest BCUT2D eigenvalue weighted by molar-refractivity contribution is 0.0499. The molecule has 20 heavy (non-hydrogen) atoms. The summed E-state index contributed by atoms with van der Waals surface area (Å²) >= 11 is 1.67. The Morgan fingerprint density at radius 2 is 1.90 bits per heavy atom. The van der Waals surface area contributed by atoms with Crippen LogP contribution in [0.4, 0.5) is 0 Å². The van der Waals surface area contributed by atoms with Crippen LogP contribution in [0, 0.1) is 0 Å². The van der Waals surface area contributed by atoms with E-state index >= 15 is 0 Å². The number of rotatable bonds is 5. The molecule has 0 aliphatic heterocycles. The fourth-order valence-electron chi connectivity index (χ4n) is 2.12. The quantitative estimate of drug-likeness (QED) is 0.888. The largest absolute Gasteiger partial charge is 0.390 e. The summed E-state index contributed by atoms with van der Waals surface area (Å²) in [5, 5.41) is 14.9. The summed E-state index contributed by atoms with van der Waals surface area (Å²) in [7, 11) is 0. The first-order valence-corrected chi connectivity index (χ1v) is 7.89. The first-order chi connectivity index (χ1) is 9.25. The van der Waals surface area contributed by atoms with Crippen LogP contribution in [0.2, 0.25) is 0 Å². The average molecular weight is 292 g/mol. The van der Waals surface area contributed by atoms with E-state index in [0.29, 0.717) is 6.42 Å². The molecule has 2 rings (SSSR count). The van der Waals surface area contributed by atoms with Crippen molar-refractivity contribution >= 4 is 21.6 Å². The Morgan fingerprint density at radius 1 is 1.20 bits per heavy atom. The van der Waals surface area contributed by atoms with Crippen LogP contribution < -0.4 is 5.32 Å². The molecule has 3 nitrogen and oxygen atoms in total. The molecule has 0 aliphatic carbocycles. The summed E-state index contributed by atoms with van der Waals surface area (Å²) < 4.78 is 1.19. The van der Waals surface area contributed by atoms with Crippen molar-refractivity contribution in [3.8, 4) is 0 Å². The molecule has 0 amide bonds. The maximum Gasteiger partial charge on any atom is 0.0967 e. The number of hydrogen-bond donors (Lipinski definition) is 2. The van der Waals surface area contributed by atoms with Gasteiger partial charge in [-0.15, -0.1) is 11.3 Å². The van der Waals surface area contributed by atoms with E-state index in [2.05, 4.69) is 37.1 Å². The molecule has 0 bridgehead atoms. The van der Waals surface area contributed by atoms with Crippen molar-refractivity contribution in [3.63, 3.8) is 0 Å². The zero-order valence-corrected chi connectivity index (χ0v) is 13.5. The first kappa shape index (κ1) is 15.4. The number of nitrogens with zero attached hydrogens (tertiary/aromatic N) is 1. The molecular formula is C16H24N2OS. The predicted molar refractivity (Wildman–Crippen MR) is 86.3 cm³/mol. The molecule has 1 aromatic carbocycles. The Balaban J connectivity index is 1.96. The smallest absolute Gasteiger partial charge is 0.0967 e. The van der Waals surface area contributed by atoms with Crippen LogP contribution in [-0.2, 0) is 6.42 Å². The molecule has 0 aliphatic rings. The molecule has 0 radical (unpaired) electrons. The maximum absolute atomic E-state index is 10.5. The van der Waals surface area contributed by atoms with Gasteiger partial charge >= 0.3 is 0 Å². The molecule has 0 fully saturated rings. The molecule has 0 saturated heterocycles. The minimum Gasteiger partial charge on any atom is -0.390 e. The Hall–Kier alpha value is -0.970. The zero-order valence-electron chi connectivity index (χ0n) is 12.7. The number of thiazole rings is 1. The van der Waals surface area contributed by atoms with Crippen LogP contribution in [0.1, 0.15) is 39.1 Å². The molecule has 4 heteroatoms. The van der Waals surface area contributed by atoms with Crippen molar-refractivity contribution in [1.82, 2.24) is 10.3 Å². The lowest BCUT2D eigenvalue weighted by Crippen LogP contribution is -2.40. The molecule has 110 valence electrons. The van der Waals surface area contributed by atoms with Gasteiger partial charge < -0.3 is 10.4 Å². The predicted octanol–water partition coefficient (Wildman–Crippen LogP) is 3.37. The first-order valence-electron chi connectivity index (χ1n) is 7.07. The molecule has 2 N–H and O–H groups in total. The Kier molecular flexibility index (Phi) is 4.47. The normalized spacial score (nSPS) is 15.4. The third kappa shape index (κ3) is 4.54. The van der Waals surface area contributed by atoms with Crippen molar-refractivity contribution in [2.45, 2.75) is 51.7 Å². The summed E-state index contributed by atoms with van der Waals surface area (Å²) in [5.41, 5.74) is 0.397. The molecule has 1 aromatic heterocycles. The van der Waals surface area contributed by atoms with Crippen LogP contribution in [0.5, 0.6) is 0 Å². The van der Waals surface area contributed by atoms with E-state index in [9.17, 15) is 5.11 Å². The fourth-order valence-corrected chi connectivity index (χ4v) is 3.26. The number of para-hydroxylation sites is 1. The summed E-state index contributed by atoms with van der Waals surface area (Å²) in [4.78, 5) is 4.59. The van der Waals surface area contributed by atoms with Crippen LogP contribution >= 0.6 is 11.3 Å². The maximum atomic E-state index is 10.5. The second kappa shape index (κ2) is 5.80. The number of hydrogen-bond acceptors (Lipinski definition) is 4. The highest BCUT2D eigenvalue weighted by Gasteiger charge is 2.23. The Labute approximate surface area is 125 Å². The van der Waals surface area contributed by atoms with E-state index in [1.54, 1.807) is 11.3 Å². The highest BCUT2D eigenvalue weighted by atomic mass is 32.1.